The smallest absolute Gasteiger partial charge is 0.247 e. The lowest BCUT2D eigenvalue weighted by Crippen LogP contribution is -2.43. The van der Waals surface area contributed by atoms with Gasteiger partial charge in [-0.05, 0) is 19.3 Å². The first-order chi connectivity index (χ1) is 8.17. The van der Waals surface area contributed by atoms with Crippen molar-refractivity contribution in [2.24, 2.45) is 0 Å². The highest BCUT2D eigenvalue weighted by atomic mass is 16.2. The van der Waals surface area contributed by atoms with E-state index >= 15 is 0 Å². The number of carbonyl (C=O) groups is 2. The van der Waals surface area contributed by atoms with Crippen LogP contribution in [-0.4, -0.2) is 34.8 Å². The highest BCUT2D eigenvalue weighted by Gasteiger charge is 2.46. The number of hydrogen-bond donors (Lipinski definition) is 1. The number of nitrogens with zero attached hydrogens (tertiary/aromatic N) is 1. The third kappa shape index (κ3) is 2.50. The van der Waals surface area contributed by atoms with E-state index in [1.165, 1.54) is 4.90 Å². The first-order valence-corrected chi connectivity index (χ1v) is 6.25. The van der Waals surface area contributed by atoms with Crippen LogP contribution in [0.3, 0.4) is 0 Å². The molecule has 2 aliphatic rings. The van der Waals surface area contributed by atoms with E-state index in [0.717, 1.165) is 25.7 Å². The fourth-order valence-corrected chi connectivity index (χ4v) is 2.24. The van der Waals surface area contributed by atoms with Gasteiger partial charge in [0.05, 0.1) is 18.5 Å². The van der Waals surface area contributed by atoms with Crippen molar-refractivity contribution in [3.8, 4) is 12.3 Å². The van der Waals surface area contributed by atoms with Crippen LogP contribution in [0.15, 0.2) is 0 Å². The average molecular weight is 234 g/mol. The maximum absolute atomic E-state index is 12.0. The van der Waals surface area contributed by atoms with Gasteiger partial charge in [0.15, 0.2) is 0 Å². The topological polar surface area (TPSA) is 49.4 Å². The van der Waals surface area contributed by atoms with Gasteiger partial charge in [-0.2, -0.15) is 0 Å². The molecule has 1 aliphatic carbocycles. The van der Waals surface area contributed by atoms with Gasteiger partial charge in [0, 0.05) is 6.04 Å². The fourth-order valence-electron chi connectivity index (χ4n) is 2.24. The van der Waals surface area contributed by atoms with E-state index in [0.29, 0.717) is 0 Å². The second kappa shape index (κ2) is 4.89. The fraction of sp³-hybridized carbons (Fsp3) is 0.692. The Balaban J connectivity index is 1.96. The number of imide groups is 1. The molecule has 1 heterocycles. The van der Waals surface area contributed by atoms with E-state index in [4.69, 9.17) is 6.42 Å². The number of likely N-dealkylation sites (tertiary alicyclic amines) is 1. The number of hydrogen-bond acceptors (Lipinski definition) is 3. The SMILES string of the molecule is C#CC(CCC)NC1CC(=O)N(C2CC2)C1=O. The molecule has 1 N–H and O–H groups in total. The van der Waals surface area contributed by atoms with Crippen LogP contribution in [-0.2, 0) is 9.59 Å². The standard InChI is InChI=1S/C13H18N2O2/c1-3-5-9(4-2)14-11-8-12(16)15(13(11)17)10-6-7-10/h2,9-11,14H,3,5-8H2,1H3. The maximum atomic E-state index is 12.0. The highest BCUT2D eigenvalue weighted by Crippen LogP contribution is 2.31. The summed E-state index contributed by atoms with van der Waals surface area (Å²) in [6.45, 7) is 2.05. The minimum absolute atomic E-state index is 0.0535. The lowest BCUT2D eigenvalue weighted by Gasteiger charge is -2.17. The van der Waals surface area contributed by atoms with Gasteiger partial charge in [0.2, 0.25) is 11.8 Å². The van der Waals surface area contributed by atoms with E-state index in [9.17, 15) is 9.59 Å². The summed E-state index contributed by atoms with van der Waals surface area (Å²) in [5, 5.41) is 3.11. The second-order valence-electron chi connectivity index (χ2n) is 4.76. The quantitative estimate of drug-likeness (QED) is 0.562. The van der Waals surface area contributed by atoms with E-state index < -0.39 is 6.04 Å². The molecule has 0 aromatic carbocycles. The molecule has 4 nitrogen and oxygen atoms in total. The van der Waals surface area contributed by atoms with E-state index in [1.54, 1.807) is 0 Å². The molecule has 2 amide bonds. The third-order valence-corrected chi connectivity index (χ3v) is 3.28. The van der Waals surface area contributed by atoms with Gasteiger partial charge in [0.1, 0.15) is 0 Å². The van der Waals surface area contributed by atoms with Gasteiger partial charge in [0.25, 0.3) is 0 Å². The molecule has 1 saturated carbocycles. The summed E-state index contributed by atoms with van der Waals surface area (Å²) < 4.78 is 0. The van der Waals surface area contributed by atoms with Crippen molar-refractivity contribution in [1.82, 2.24) is 10.2 Å². The van der Waals surface area contributed by atoms with Crippen LogP contribution in [0, 0.1) is 12.3 Å². The molecule has 2 fully saturated rings. The van der Waals surface area contributed by atoms with Crippen molar-refractivity contribution >= 4 is 11.8 Å². The number of amides is 2. The first-order valence-electron chi connectivity index (χ1n) is 6.25. The van der Waals surface area contributed by atoms with Crippen molar-refractivity contribution in [2.45, 2.75) is 57.2 Å². The Kier molecular flexibility index (Phi) is 3.49. The maximum Gasteiger partial charge on any atom is 0.247 e. The zero-order chi connectivity index (χ0) is 12.4. The lowest BCUT2D eigenvalue weighted by atomic mass is 10.1. The van der Waals surface area contributed by atoms with Crippen LogP contribution in [0.5, 0.6) is 0 Å². The predicted molar refractivity (Wildman–Crippen MR) is 63.9 cm³/mol. The molecule has 1 aliphatic heterocycles. The number of nitrogens with one attached hydrogen (secondary N) is 1. The largest absolute Gasteiger partial charge is 0.292 e. The Morgan fingerprint density at radius 1 is 1.53 bits per heavy atom. The summed E-state index contributed by atoms with van der Waals surface area (Å²) >= 11 is 0. The van der Waals surface area contributed by atoms with Gasteiger partial charge in [-0.15, -0.1) is 6.42 Å². The number of rotatable bonds is 5. The molecular formula is C13H18N2O2. The molecule has 0 radical (unpaired) electrons. The molecule has 1 saturated heterocycles. The van der Waals surface area contributed by atoms with Crippen LogP contribution < -0.4 is 5.32 Å². The first kappa shape index (κ1) is 12.1. The number of terminal acetylenes is 1. The monoisotopic (exact) mass is 234 g/mol. The average Bonchev–Trinajstić information content (AvgIpc) is 3.07. The molecule has 0 aromatic rings. The molecule has 2 unspecified atom stereocenters. The van der Waals surface area contributed by atoms with Gasteiger partial charge >= 0.3 is 0 Å². The molecule has 4 heteroatoms. The minimum Gasteiger partial charge on any atom is -0.292 e. The summed E-state index contributed by atoms with van der Waals surface area (Å²) in [6, 6.07) is -0.353. The van der Waals surface area contributed by atoms with Gasteiger partial charge in [-0.3, -0.25) is 19.8 Å². The summed E-state index contributed by atoms with van der Waals surface area (Å²) in [7, 11) is 0. The van der Waals surface area contributed by atoms with Crippen LogP contribution >= 0.6 is 0 Å². The van der Waals surface area contributed by atoms with Gasteiger partial charge < -0.3 is 0 Å². The normalized spacial score (nSPS) is 26.1. The zero-order valence-electron chi connectivity index (χ0n) is 10.1. The van der Waals surface area contributed by atoms with E-state index in [-0.39, 0.29) is 30.3 Å². The van der Waals surface area contributed by atoms with Crippen molar-refractivity contribution < 1.29 is 9.59 Å². The molecule has 2 rings (SSSR count). The number of carbonyl (C=O) groups excluding carboxylic acids is 2. The lowest BCUT2D eigenvalue weighted by molar-refractivity contribution is -0.139. The second-order valence-corrected chi connectivity index (χ2v) is 4.76. The van der Waals surface area contributed by atoms with Crippen LogP contribution in [0.25, 0.3) is 0 Å². The zero-order valence-corrected chi connectivity index (χ0v) is 10.1. The molecule has 2 atom stereocenters. The Morgan fingerprint density at radius 3 is 2.76 bits per heavy atom. The van der Waals surface area contributed by atoms with Gasteiger partial charge in [-0.1, -0.05) is 19.3 Å². The summed E-state index contributed by atoms with van der Waals surface area (Å²) in [5.41, 5.74) is 0. The van der Waals surface area contributed by atoms with E-state index in [2.05, 4.69) is 11.2 Å². The summed E-state index contributed by atoms with van der Waals surface area (Å²) in [5.74, 6) is 2.49. The van der Waals surface area contributed by atoms with Crippen molar-refractivity contribution in [3.05, 3.63) is 0 Å². The van der Waals surface area contributed by atoms with Crippen molar-refractivity contribution in [3.63, 3.8) is 0 Å². The molecule has 0 spiro atoms. The van der Waals surface area contributed by atoms with Gasteiger partial charge in [-0.25, -0.2) is 0 Å². The molecule has 17 heavy (non-hydrogen) atoms. The predicted octanol–water partition coefficient (Wildman–Crippen LogP) is 0.668. The van der Waals surface area contributed by atoms with Crippen LogP contribution in [0.4, 0.5) is 0 Å². The van der Waals surface area contributed by atoms with Crippen molar-refractivity contribution in [1.29, 1.82) is 0 Å². The summed E-state index contributed by atoms with van der Waals surface area (Å²) in [6.07, 6.45) is 9.37. The molecule has 0 bridgehead atoms. The Hall–Kier alpha value is -1.34. The highest BCUT2D eigenvalue weighted by molar-refractivity contribution is 6.06. The van der Waals surface area contributed by atoms with Crippen molar-refractivity contribution in [2.75, 3.05) is 0 Å². The summed E-state index contributed by atoms with van der Waals surface area (Å²) in [4.78, 5) is 25.2. The minimum atomic E-state index is -0.407. The Morgan fingerprint density at radius 2 is 2.24 bits per heavy atom. The molecule has 0 aromatic heterocycles. The van der Waals surface area contributed by atoms with Crippen LogP contribution in [0.2, 0.25) is 0 Å². The molecule has 92 valence electrons. The third-order valence-electron chi connectivity index (χ3n) is 3.28. The molecular weight excluding hydrogens is 216 g/mol. The Labute approximate surface area is 102 Å². The van der Waals surface area contributed by atoms with E-state index in [1.807, 2.05) is 6.92 Å². The van der Waals surface area contributed by atoms with Crippen LogP contribution in [0.1, 0.15) is 39.0 Å². The Bertz CT molecular complexity index is 368.